The number of hydrogen-bond donors (Lipinski definition) is 1. The summed E-state index contributed by atoms with van der Waals surface area (Å²) >= 11 is 0. The van der Waals surface area contributed by atoms with Gasteiger partial charge in [0.1, 0.15) is 11.4 Å². The number of carbonyl (C=O) groups is 1. The van der Waals surface area contributed by atoms with Gasteiger partial charge in [-0.1, -0.05) is 6.42 Å². The van der Waals surface area contributed by atoms with E-state index >= 15 is 0 Å². The van der Waals surface area contributed by atoms with E-state index in [1.54, 1.807) is 20.8 Å². The maximum absolute atomic E-state index is 11.6. The summed E-state index contributed by atoms with van der Waals surface area (Å²) in [6.07, 6.45) is 2.12. The summed E-state index contributed by atoms with van der Waals surface area (Å²) in [6.45, 7) is 5.68. The fourth-order valence-electron chi connectivity index (χ4n) is 1.27. The lowest BCUT2D eigenvalue weighted by molar-refractivity contribution is -0.151. The van der Waals surface area contributed by atoms with Crippen LogP contribution in [0.4, 0.5) is 0 Å². The highest BCUT2D eigenvalue weighted by Crippen LogP contribution is 2.08. The third kappa shape index (κ3) is 10.3. The lowest BCUT2D eigenvalue weighted by Gasteiger charge is -2.19. The fraction of sp³-hybridized carbons (Fsp3) is 0.909. The number of hydrogen-bond acceptors (Lipinski definition) is 5. The molecule has 0 bridgehead atoms. The molecule has 102 valence electrons. The number of ether oxygens (including phenoxy) is 1. The number of unbranched alkanes of at least 4 members (excludes halogenated alkanes) is 2. The third-order valence-corrected chi connectivity index (χ3v) is 3.50. The van der Waals surface area contributed by atoms with E-state index in [-0.39, 0.29) is 5.75 Å². The molecule has 0 saturated carbocycles. The Balaban J connectivity index is 4.04. The summed E-state index contributed by atoms with van der Waals surface area (Å²) in [5, 5.41) is 0. The van der Waals surface area contributed by atoms with Gasteiger partial charge in [-0.25, -0.2) is 8.42 Å². The summed E-state index contributed by atoms with van der Waals surface area (Å²) in [7, 11) is -3.35. The van der Waals surface area contributed by atoms with E-state index in [2.05, 4.69) is 0 Å². The smallest absolute Gasteiger partial charge is 0.321 e. The van der Waals surface area contributed by atoms with E-state index in [9.17, 15) is 13.2 Å². The second-order valence-corrected chi connectivity index (χ2v) is 7.21. The summed E-state index contributed by atoms with van der Waals surface area (Å²) in [5.74, 6) is -1.20. The second kappa shape index (κ2) is 6.96. The largest absolute Gasteiger partial charge is 0.459 e. The lowest BCUT2D eigenvalue weighted by Crippen LogP contribution is -2.29. The summed E-state index contributed by atoms with van der Waals surface area (Å²) in [6, 6.07) is 0. The molecule has 0 aromatic carbocycles. The standard InChI is InChI=1S/C11H23NO4S/c1-11(2,3)16-10(13)9-17(14,15)8-6-4-5-7-12/h4-9,12H2,1-3H3. The van der Waals surface area contributed by atoms with Gasteiger partial charge in [0.15, 0.2) is 9.84 Å². The van der Waals surface area contributed by atoms with Crippen molar-refractivity contribution in [2.24, 2.45) is 5.73 Å². The van der Waals surface area contributed by atoms with Gasteiger partial charge in [-0.2, -0.15) is 0 Å². The normalized spacial score (nSPS) is 12.5. The number of esters is 1. The molecule has 0 aliphatic carbocycles. The molecule has 0 heterocycles. The van der Waals surface area contributed by atoms with Crippen molar-refractivity contribution < 1.29 is 17.9 Å². The van der Waals surface area contributed by atoms with Gasteiger partial charge < -0.3 is 10.5 Å². The highest BCUT2D eigenvalue weighted by Gasteiger charge is 2.22. The fourth-order valence-corrected chi connectivity index (χ4v) is 2.47. The molecule has 0 fully saturated rings. The third-order valence-electron chi connectivity index (χ3n) is 1.92. The zero-order chi connectivity index (χ0) is 13.5. The van der Waals surface area contributed by atoms with E-state index in [0.717, 1.165) is 12.8 Å². The zero-order valence-electron chi connectivity index (χ0n) is 10.9. The van der Waals surface area contributed by atoms with Gasteiger partial charge in [-0.3, -0.25) is 4.79 Å². The molecule has 2 N–H and O–H groups in total. The van der Waals surface area contributed by atoms with Crippen LogP contribution in [-0.4, -0.2) is 38.0 Å². The maximum atomic E-state index is 11.6. The van der Waals surface area contributed by atoms with Crippen molar-refractivity contribution in [2.75, 3.05) is 18.1 Å². The van der Waals surface area contributed by atoms with Gasteiger partial charge in [-0.05, 0) is 40.2 Å². The predicted molar refractivity (Wildman–Crippen MR) is 67.4 cm³/mol. The van der Waals surface area contributed by atoms with Crippen LogP contribution >= 0.6 is 0 Å². The summed E-state index contributed by atoms with van der Waals surface area (Å²) in [4.78, 5) is 11.3. The van der Waals surface area contributed by atoms with E-state index in [4.69, 9.17) is 10.5 Å². The quantitative estimate of drug-likeness (QED) is 0.545. The molecule has 0 aromatic rings. The Hall–Kier alpha value is -0.620. The average molecular weight is 265 g/mol. The SMILES string of the molecule is CC(C)(C)OC(=O)CS(=O)(=O)CCCCCN. The predicted octanol–water partition coefficient (Wildman–Crippen LogP) is 0.872. The summed E-state index contributed by atoms with van der Waals surface area (Å²) in [5.41, 5.74) is 4.66. The van der Waals surface area contributed by atoms with Gasteiger partial charge >= 0.3 is 5.97 Å². The van der Waals surface area contributed by atoms with Gasteiger partial charge in [0.2, 0.25) is 0 Å². The van der Waals surface area contributed by atoms with Crippen LogP contribution in [0.25, 0.3) is 0 Å². The maximum Gasteiger partial charge on any atom is 0.321 e. The molecule has 17 heavy (non-hydrogen) atoms. The molecule has 0 aliphatic rings. The first-order valence-corrected chi connectivity index (χ1v) is 7.61. The van der Waals surface area contributed by atoms with Crippen molar-refractivity contribution in [2.45, 2.75) is 45.6 Å². The Morgan fingerprint density at radius 2 is 1.76 bits per heavy atom. The van der Waals surface area contributed by atoms with Gasteiger partial charge in [0, 0.05) is 0 Å². The molecular formula is C11H23NO4S. The topological polar surface area (TPSA) is 86.5 Å². The van der Waals surface area contributed by atoms with Crippen LogP contribution < -0.4 is 5.73 Å². The molecule has 0 unspecified atom stereocenters. The molecule has 0 aromatic heterocycles. The van der Waals surface area contributed by atoms with Crippen molar-refractivity contribution in [1.29, 1.82) is 0 Å². The van der Waals surface area contributed by atoms with E-state index in [1.807, 2.05) is 0 Å². The van der Waals surface area contributed by atoms with E-state index < -0.39 is 27.2 Å². The van der Waals surface area contributed by atoms with Crippen molar-refractivity contribution in [3.8, 4) is 0 Å². The zero-order valence-corrected chi connectivity index (χ0v) is 11.7. The highest BCUT2D eigenvalue weighted by molar-refractivity contribution is 7.92. The van der Waals surface area contributed by atoms with Gasteiger partial charge in [-0.15, -0.1) is 0 Å². The molecule has 0 rings (SSSR count). The molecule has 5 nitrogen and oxygen atoms in total. The number of nitrogens with two attached hydrogens (primary N) is 1. The van der Waals surface area contributed by atoms with Gasteiger partial charge in [0.05, 0.1) is 5.75 Å². The minimum atomic E-state index is -3.35. The minimum absolute atomic E-state index is 0.0201. The summed E-state index contributed by atoms with van der Waals surface area (Å²) < 4.78 is 28.1. The molecule has 0 saturated heterocycles. The number of sulfone groups is 1. The first kappa shape index (κ1) is 16.4. The van der Waals surface area contributed by atoms with Crippen LogP contribution in [-0.2, 0) is 19.4 Å². The molecule has 0 aliphatic heterocycles. The van der Waals surface area contributed by atoms with Gasteiger partial charge in [0.25, 0.3) is 0 Å². The Labute approximate surface area is 104 Å². The van der Waals surface area contributed by atoms with Crippen molar-refractivity contribution in [3.63, 3.8) is 0 Å². The number of carbonyl (C=O) groups excluding carboxylic acids is 1. The van der Waals surface area contributed by atoms with Crippen LogP contribution in [0.1, 0.15) is 40.0 Å². The molecule has 0 amide bonds. The molecule has 0 atom stereocenters. The van der Waals surface area contributed by atoms with Crippen LogP contribution in [0.15, 0.2) is 0 Å². The first-order valence-electron chi connectivity index (χ1n) is 5.78. The Kier molecular flexibility index (Phi) is 6.70. The first-order chi connectivity index (χ1) is 7.66. The van der Waals surface area contributed by atoms with Crippen molar-refractivity contribution in [3.05, 3.63) is 0 Å². The number of rotatable bonds is 7. The average Bonchev–Trinajstić information content (AvgIpc) is 2.08. The van der Waals surface area contributed by atoms with Crippen molar-refractivity contribution >= 4 is 15.8 Å². The lowest BCUT2D eigenvalue weighted by atomic mass is 10.2. The van der Waals surface area contributed by atoms with Crippen LogP contribution in [0.5, 0.6) is 0 Å². The highest BCUT2D eigenvalue weighted by atomic mass is 32.2. The monoisotopic (exact) mass is 265 g/mol. The Morgan fingerprint density at radius 1 is 1.18 bits per heavy atom. The van der Waals surface area contributed by atoms with E-state index in [1.165, 1.54) is 0 Å². The van der Waals surface area contributed by atoms with Crippen LogP contribution in [0.3, 0.4) is 0 Å². The van der Waals surface area contributed by atoms with E-state index in [0.29, 0.717) is 13.0 Å². The molecule has 0 spiro atoms. The Morgan fingerprint density at radius 3 is 2.24 bits per heavy atom. The Bertz CT molecular complexity index is 330. The second-order valence-electron chi connectivity index (χ2n) is 5.03. The van der Waals surface area contributed by atoms with Crippen LogP contribution in [0, 0.1) is 0 Å². The molecule has 6 heteroatoms. The molecule has 0 radical (unpaired) electrons. The minimum Gasteiger partial charge on any atom is -0.459 e. The molecular weight excluding hydrogens is 242 g/mol. The van der Waals surface area contributed by atoms with Crippen molar-refractivity contribution in [1.82, 2.24) is 0 Å². The van der Waals surface area contributed by atoms with Crippen LogP contribution in [0.2, 0.25) is 0 Å².